The highest BCUT2D eigenvalue weighted by molar-refractivity contribution is 7.14. The molecule has 1 aliphatic rings. The van der Waals surface area contributed by atoms with Crippen molar-refractivity contribution in [2.75, 3.05) is 17.2 Å². The summed E-state index contributed by atoms with van der Waals surface area (Å²) in [6, 6.07) is 3.55. The first-order chi connectivity index (χ1) is 10.2. The van der Waals surface area contributed by atoms with Crippen molar-refractivity contribution in [1.29, 1.82) is 0 Å². The maximum atomic E-state index is 12.3. The van der Waals surface area contributed by atoms with Gasteiger partial charge in [0, 0.05) is 29.1 Å². The lowest BCUT2D eigenvalue weighted by Crippen LogP contribution is -2.13. The summed E-state index contributed by atoms with van der Waals surface area (Å²) >= 11 is 1.49. The molecule has 5 nitrogen and oxygen atoms in total. The van der Waals surface area contributed by atoms with Crippen molar-refractivity contribution < 1.29 is 4.79 Å². The highest BCUT2D eigenvalue weighted by atomic mass is 32.1. The molecule has 0 aromatic carbocycles. The number of hydrogen-bond acceptors (Lipinski definition) is 5. The second-order valence-corrected chi connectivity index (χ2v) is 6.08. The molecule has 0 atom stereocenters. The lowest BCUT2D eigenvalue weighted by molar-refractivity contribution is 0.102. The number of carbonyl (C=O) groups excluding carboxylic acids is 1. The van der Waals surface area contributed by atoms with Gasteiger partial charge in [0.1, 0.15) is 5.82 Å². The van der Waals surface area contributed by atoms with Crippen molar-refractivity contribution >= 4 is 28.2 Å². The van der Waals surface area contributed by atoms with E-state index in [1.807, 2.05) is 19.2 Å². The Morgan fingerprint density at radius 3 is 2.90 bits per heavy atom. The van der Waals surface area contributed by atoms with E-state index in [9.17, 15) is 4.79 Å². The number of anilines is 2. The average molecular weight is 302 g/mol. The van der Waals surface area contributed by atoms with E-state index in [0.29, 0.717) is 16.6 Å². The van der Waals surface area contributed by atoms with Crippen LogP contribution in [-0.2, 0) is 0 Å². The Hall–Kier alpha value is -1.95. The molecule has 0 bridgehead atoms. The van der Waals surface area contributed by atoms with E-state index < -0.39 is 0 Å². The van der Waals surface area contributed by atoms with Gasteiger partial charge in [0.2, 0.25) is 0 Å². The van der Waals surface area contributed by atoms with Gasteiger partial charge in [-0.1, -0.05) is 0 Å². The molecule has 1 aliphatic carbocycles. The van der Waals surface area contributed by atoms with Gasteiger partial charge in [-0.2, -0.15) is 0 Å². The van der Waals surface area contributed by atoms with E-state index in [0.717, 1.165) is 23.8 Å². The van der Waals surface area contributed by atoms with Crippen molar-refractivity contribution in [2.45, 2.75) is 32.6 Å². The molecule has 0 aliphatic heterocycles. The molecule has 21 heavy (non-hydrogen) atoms. The van der Waals surface area contributed by atoms with Crippen LogP contribution in [0, 0.1) is 6.92 Å². The van der Waals surface area contributed by atoms with E-state index in [4.69, 9.17) is 0 Å². The average Bonchev–Trinajstić information content (AvgIpc) is 3.19. The number of nitrogens with one attached hydrogen (secondary N) is 2. The van der Waals surface area contributed by atoms with Crippen LogP contribution in [0.25, 0.3) is 0 Å². The quantitative estimate of drug-likeness (QED) is 0.888. The minimum absolute atomic E-state index is 0.142. The lowest BCUT2D eigenvalue weighted by atomic mass is 10.2. The normalized spacial score (nSPS) is 14.0. The number of nitrogens with zero attached hydrogens (tertiary/aromatic N) is 2. The molecule has 1 amide bonds. The standard InChI is InChI=1S/C15H18N4OS/c1-3-16-13-7-11(6-9(2)17-13)14(20)19-15-18-12(8-21-15)10-4-5-10/h6-8,10H,3-5H2,1-2H3,(H,16,17)(H,18,19,20). The monoisotopic (exact) mass is 302 g/mol. The van der Waals surface area contributed by atoms with Gasteiger partial charge in [0.25, 0.3) is 5.91 Å². The second-order valence-electron chi connectivity index (χ2n) is 5.22. The van der Waals surface area contributed by atoms with Crippen LogP contribution in [-0.4, -0.2) is 22.4 Å². The molecule has 1 saturated carbocycles. The zero-order valence-corrected chi connectivity index (χ0v) is 13.0. The van der Waals surface area contributed by atoms with E-state index in [2.05, 4.69) is 20.6 Å². The van der Waals surface area contributed by atoms with Crippen LogP contribution in [0.15, 0.2) is 17.5 Å². The van der Waals surface area contributed by atoms with Gasteiger partial charge in [0.05, 0.1) is 5.69 Å². The van der Waals surface area contributed by atoms with Gasteiger partial charge >= 0.3 is 0 Å². The summed E-state index contributed by atoms with van der Waals surface area (Å²) in [6.45, 7) is 4.65. The Balaban J connectivity index is 1.74. The van der Waals surface area contributed by atoms with Gasteiger partial charge in [0.15, 0.2) is 5.13 Å². The predicted octanol–water partition coefficient (Wildman–Crippen LogP) is 3.41. The highest BCUT2D eigenvalue weighted by Crippen LogP contribution is 2.40. The SMILES string of the molecule is CCNc1cc(C(=O)Nc2nc(C3CC3)cs2)cc(C)n1. The Morgan fingerprint density at radius 2 is 2.19 bits per heavy atom. The molecule has 0 saturated heterocycles. The van der Waals surface area contributed by atoms with Crippen molar-refractivity contribution in [3.8, 4) is 0 Å². The molecule has 0 unspecified atom stereocenters. The Labute approximate surface area is 127 Å². The third kappa shape index (κ3) is 3.39. The third-order valence-electron chi connectivity index (χ3n) is 3.31. The molecular formula is C15H18N4OS. The Bertz CT molecular complexity index is 663. The van der Waals surface area contributed by atoms with Gasteiger partial charge in [-0.3, -0.25) is 10.1 Å². The fourth-order valence-electron chi connectivity index (χ4n) is 2.15. The molecule has 0 spiro atoms. The zero-order chi connectivity index (χ0) is 14.8. The number of rotatable bonds is 5. The minimum atomic E-state index is -0.142. The molecule has 2 aromatic rings. The molecule has 3 rings (SSSR count). The number of aryl methyl sites for hydroxylation is 1. The van der Waals surface area contributed by atoms with Crippen molar-refractivity contribution in [2.24, 2.45) is 0 Å². The summed E-state index contributed by atoms with van der Waals surface area (Å²) in [5.41, 5.74) is 2.52. The largest absolute Gasteiger partial charge is 0.370 e. The lowest BCUT2D eigenvalue weighted by Gasteiger charge is -2.07. The first-order valence-electron chi connectivity index (χ1n) is 7.15. The van der Waals surface area contributed by atoms with E-state index in [-0.39, 0.29) is 5.91 Å². The van der Waals surface area contributed by atoms with Gasteiger partial charge in [-0.05, 0) is 38.8 Å². The maximum absolute atomic E-state index is 12.3. The van der Waals surface area contributed by atoms with Crippen LogP contribution in [0.1, 0.15) is 47.4 Å². The number of carbonyl (C=O) groups is 1. The van der Waals surface area contributed by atoms with Crippen molar-refractivity contribution in [1.82, 2.24) is 9.97 Å². The molecule has 0 radical (unpaired) electrons. The van der Waals surface area contributed by atoms with Gasteiger partial charge in [-0.15, -0.1) is 11.3 Å². The number of aromatic nitrogens is 2. The Morgan fingerprint density at radius 1 is 1.38 bits per heavy atom. The number of amides is 1. The Kier molecular flexibility index (Phi) is 3.88. The van der Waals surface area contributed by atoms with Crippen LogP contribution in [0.3, 0.4) is 0 Å². The molecular weight excluding hydrogens is 284 g/mol. The number of hydrogen-bond donors (Lipinski definition) is 2. The smallest absolute Gasteiger partial charge is 0.257 e. The maximum Gasteiger partial charge on any atom is 0.257 e. The minimum Gasteiger partial charge on any atom is -0.370 e. The topological polar surface area (TPSA) is 66.9 Å². The summed E-state index contributed by atoms with van der Waals surface area (Å²) < 4.78 is 0. The zero-order valence-electron chi connectivity index (χ0n) is 12.1. The van der Waals surface area contributed by atoms with Crippen LogP contribution in [0.5, 0.6) is 0 Å². The van der Waals surface area contributed by atoms with Gasteiger partial charge < -0.3 is 5.32 Å². The number of pyridine rings is 1. The van der Waals surface area contributed by atoms with Crippen LogP contribution >= 0.6 is 11.3 Å². The van der Waals surface area contributed by atoms with E-state index in [1.165, 1.54) is 24.2 Å². The van der Waals surface area contributed by atoms with Crippen molar-refractivity contribution in [3.63, 3.8) is 0 Å². The fourth-order valence-corrected chi connectivity index (χ4v) is 2.94. The van der Waals surface area contributed by atoms with E-state index in [1.54, 1.807) is 12.1 Å². The fraction of sp³-hybridized carbons (Fsp3) is 0.400. The van der Waals surface area contributed by atoms with E-state index >= 15 is 0 Å². The first-order valence-corrected chi connectivity index (χ1v) is 8.03. The molecule has 2 heterocycles. The van der Waals surface area contributed by atoms with Crippen LogP contribution in [0.2, 0.25) is 0 Å². The van der Waals surface area contributed by atoms with Crippen LogP contribution < -0.4 is 10.6 Å². The molecule has 1 fully saturated rings. The summed E-state index contributed by atoms with van der Waals surface area (Å²) in [5, 5.41) is 8.71. The predicted molar refractivity (Wildman–Crippen MR) is 85.2 cm³/mol. The van der Waals surface area contributed by atoms with Gasteiger partial charge in [-0.25, -0.2) is 9.97 Å². The summed E-state index contributed by atoms with van der Waals surface area (Å²) in [7, 11) is 0. The molecule has 110 valence electrons. The number of thiazole rings is 1. The molecule has 6 heteroatoms. The highest BCUT2D eigenvalue weighted by Gasteiger charge is 2.26. The molecule has 2 N–H and O–H groups in total. The van der Waals surface area contributed by atoms with Crippen molar-refractivity contribution in [3.05, 3.63) is 34.5 Å². The molecule has 2 aromatic heterocycles. The second kappa shape index (κ2) is 5.81. The van der Waals surface area contributed by atoms with Crippen LogP contribution in [0.4, 0.5) is 10.9 Å². The summed E-state index contributed by atoms with van der Waals surface area (Å²) in [4.78, 5) is 21.1. The summed E-state index contributed by atoms with van der Waals surface area (Å²) in [5.74, 6) is 1.19. The summed E-state index contributed by atoms with van der Waals surface area (Å²) in [6.07, 6.45) is 2.43. The first kappa shape index (κ1) is 14.0. The third-order valence-corrected chi connectivity index (χ3v) is 4.09.